The van der Waals surface area contributed by atoms with Gasteiger partial charge in [0.05, 0.1) is 11.1 Å². The van der Waals surface area contributed by atoms with Crippen LogP contribution in [0, 0.1) is 6.92 Å². The number of hydrogen-bond donors (Lipinski definition) is 1. The highest BCUT2D eigenvalue weighted by Gasteiger charge is 2.35. The molecule has 0 radical (unpaired) electrons. The summed E-state index contributed by atoms with van der Waals surface area (Å²) in [5, 5.41) is 0. The van der Waals surface area contributed by atoms with E-state index in [0.29, 0.717) is 6.29 Å². The van der Waals surface area contributed by atoms with Gasteiger partial charge in [-0.2, -0.15) is 13.2 Å². The average molecular weight is 231 g/mol. The molecule has 1 amide bonds. The first-order chi connectivity index (χ1) is 7.27. The predicted octanol–water partition coefficient (Wildman–Crippen LogP) is 1.93. The molecule has 0 aliphatic heterocycles. The largest absolute Gasteiger partial charge is 0.417 e. The Balaban J connectivity index is 3.55. The number of aldehydes is 1. The lowest BCUT2D eigenvalue weighted by molar-refractivity contribution is -0.138. The molecule has 3 nitrogen and oxygen atoms in total. The van der Waals surface area contributed by atoms with Crippen LogP contribution in [0.4, 0.5) is 13.2 Å². The highest BCUT2D eigenvalue weighted by molar-refractivity contribution is 5.96. The van der Waals surface area contributed by atoms with E-state index in [-0.39, 0.29) is 11.1 Å². The van der Waals surface area contributed by atoms with Crippen LogP contribution in [0.15, 0.2) is 12.1 Å². The van der Waals surface area contributed by atoms with E-state index in [9.17, 15) is 22.8 Å². The number of halogens is 3. The number of aryl methyl sites for hydroxylation is 1. The second kappa shape index (κ2) is 3.96. The second-order valence-electron chi connectivity index (χ2n) is 3.23. The van der Waals surface area contributed by atoms with Crippen molar-refractivity contribution in [1.82, 2.24) is 0 Å². The number of alkyl halides is 3. The monoisotopic (exact) mass is 231 g/mol. The number of benzene rings is 1. The normalized spacial score (nSPS) is 11.2. The van der Waals surface area contributed by atoms with E-state index in [0.717, 1.165) is 12.1 Å². The molecule has 0 bridgehead atoms. The van der Waals surface area contributed by atoms with Crippen molar-refractivity contribution in [3.05, 3.63) is 34.4 Å². The van der Waals surface area contributed by atoms with Crippen molar-refractivity contribution in [2.75, 3.05) is 0 Å². The van der Waals surface area contributed by atoms with Gasteiger partial charge in [-0.25, -0.2) is 0 Å². The van der Waals surface area contributed by atoms with E-state index < -0.39 is 23.2 Å². The number of carbonyl (C=O) groups is 2. The Bertz CT molecular complexity index is 452. The van der Waals surface area contributed by atoms with Gasteiger partial charge in [0.2, 0.25) is 5.91 Å². The van der Waals surface area contributed by atoms with E-state index in [1.165, 1.54) is 6.92 Å². The van der Waals surface area contributed by atoms with Crippen molar-refractivity contribution in [3.63, 3.8) is 0 Å². The van der Waals surface area contributed by atoms with Crippen molar-refractivity contribution in [1.29, 1.82) is 0 Å². The summed E-state index contributed by atoms with van der Waals surface area (Å²) in [6.45, 7) is 1.35. The molecule has 0 unspecified atom stereocenters. The highest BCUT2D eigenvalue weighted by Crippen LogP contribution is 2.33. The number of primary amides is 1. The molecule has 0 fully saturated rings. The SMILES string of the molecule is Cc1cc(C(F)(F)F)c(C(N)=O)cc1C=O. The van der Waals surface area contributed by atoms with E-state index in [1.807, 2.05) is 0 Å². The third-order valence-electron chi connectivity index (χ3n) is 2.10. The first-order valence-electron chi connectivity index (χ1n) is 4.24. The summed E-state index contributed by atoms with van der Waals surface area (Å²) in [5.41, 5.74) is 3.17. The lowest BCUT2D eigenvalue weighted by atomic mass is 9.99. The summed E-state index contributed by atoms with van der Waals surface area (Å²) < 4.78 is 37.6. The van der Waals surface area contributed by atoms with Crippen LogP contribution in [0.3, 0.4) is 0 Å². The molecule has 0 heterocycles. The van der Waals surface area contributed by atoms with Crippen molar-refractivity contribution in [3.8, 4) is 0 Å². The van der Waals surface area contributed by atoms with Gasteiger partial charge in [-0.15, -0.1) is 0 Å². The van der Waals surface area contributed by atoms with Crippen LogP contribution in [0.1, 0.15) is 31.8 Å². The summed E-state index contributed by atoms with van der Waals surface area (Å²) in [6, 6.07) is 1.59. The number of hydrogen-bond acceptors (Lipinski definition) is 2. The van der Waals surface area contributed by atoms with Crippen LogP contribution < -0.4 is 5.73 Å². The number of carbonyl (C=O) groups excluding carboxylic acids is 2. The molecule has 16 heavy (non-hydrogen) atoms. The summed E-state index contributed by atoms with van der Waals surface area (Å²) in [7, 11) is 0. The van der Waals surface area contributed by atoms with E-state index in [4.69, 9.17) is 5.73 Å². The minimum Gasteiger partial charge on any atom is -0.366 e. The van der Waals surface area contributed by atoms with Gasteiger partial charge >= 0.3 is 6.18 Å². The van der Waals surface area contributed by atoms with Crippen molar-refractivity contribution in [2.24, 2.45) is 5.73 Å². The quantitative estimate of drug-likeness (QED) is 0.790. The molecule has 0 atom stereocenters. The maximum atomic E-state index is 12.5. The summed E-state index contributed by atoms with van der Waals surface area (Å²) in [5.74, 6) is -1.21. The lowest BCUT2D eigenvalue weighted by Crippen LogP contribution is -2.19. The Morgan fingerprint density at radius 2 is 1.94 bits per heavy atom. The third kappa shape index (κ3) is 2.21. The van der Waals surface area contributed by atoms with Gasteiger partial charge < -0.3 is 5.73 Å². The summed E-state index contributed by atoms with van der Waals surface area (Å²) in [6.07, 6.45) is -4.29. The fraction of sp³-hybridized carbons (Fsp3) is 0.200. The molecule has 0 spiro atoms. The molecule has 6 heteroatoms. The molecular formula is C10H8F3NO2. The van der Waals surface area contributed by atoms with Crippen LogP contribution in [0.5, 0.6) is 0 Å². The van der Waals surface area contributed by atoms with E-state index in [1.54, 1.807) is 0 Å². The Kier molecular flexibility index (Phi) is 3.02. The Hall–Kier alpha value is -1.85. The average Bonchev–Trinajstić information content (AvgIpc) is 2.15. The lowest BCUT2D eigenvalue weighted by Gasteiger charge is -2.12. The van der Waals surface area contributed by atoms with Gasteiger partial charge in [-0.05, 0) is 24.6 Å². The van der Waals surface area contributed by atoms with Gasteiger partial charge in [-0.3, -0.25) is 9.59 Å². The molecule has 1 rings (SSSR count). The fourth-order valence-electron chi connectivity index (χ4n) is 1.29. The maximum Gasteiger partial charge on any atom is 0.417 e. The molecule has 1 aromatic carbocycles. The topological polar surface area (TPSA) is 60.2 Å². The van der Waals surface area contributed by atoms with Crippen LogP contribution in [0.25, 0.3) is 0 Å². The van der Waals surface area contributed by atoms with Crippen molar-refractivity contribution >= 4 is 12.2 Å². The zero-order valence-electron chi connectivity index (χ0n) is 8.26. The second-order valence-corrected chi connectivity index (χ2v) is 3.23. The molecule has 0 saturated carbocycles. The Morgan fingerprint density at radius 1 is 1.38 bits per heavy atom. The van der Waals surface area contributed by atoms with Crippen molar-refractivity contribution in [2.45, 2.75) is 13.1 Å². The van der Waals surface area contributed by atoms with Crippen LogP contribution >= 0.6 is 0 Å². The smallest absolute Gasteiger partial charge is 0.366 e. The van der Waals surface area contributed by atoms with Gasteiger partial charge in [0.1, 0.15) is 6.29 Å². The number of nitrogens with two attached hydrogens (primary N) is 1. The predicted molar refractivity (Wildman–Crippen MR) is 50.1 cm³/mol. The molecule has 0 saturated heterocycles. The maximum absolute atomic E-state index is 12.5. The van der Waals surface area contributed by atoms with Crippen LogP contribution in [0.2, 0.25) is 0 Å². The standard InChI is InChI=1S/C10H8F3NO2/c1-5-2-8(10(11,12)13)7(9(14)16)3-6(5)4-15/h2-4H,1H3,(H2,14,16). The molecule has 86 valence electrons. The first-order valence-corrected chi connectivity index (χ1v) is 4.24. The van der Waals surface area contributed by atoms with Gasteiger partial charge in [0.15, 0.2) is 0 Å². The first kappa shape index (κ1) is 12.2. The number of amides is 1. The molecular weight excluding hydrogens is 223 g/mol. The molecule has 2 N–H and O–H groups in total. The van der Waals surface area contributed by atoms with E-state index >= 15 is 0 Å². The molecule has 0 aliphatic rings. The van der Waals surface area contributed by atoms with Gasteiger partial charge in [-0.1, -0.05) is 0 Å². The molecule has 0 aromatic heterocycles. The molecule has 0 aliphatic carbocycles. The molecule has 1 aromatic rings. The Labute approximate surface area is 89.1 Å². The van der Waals surface area contributed by atoms with E-state index in [2.05, 4.69) is 0 Å². The zero-order valence-corrected chi connectivity index (χ0v) is 8.26. The minimum absolute atomic E-state index is 0.0156. The third-order valence-corrected chi connectivity index (χ3v) is 2.10. The van der Waals surface area contributed by atoms with Gasteiger partial charge in [0.25, 0.3) is 0 Å². The fourth-order valence-corrected chi connectivity index (χ4v) is 1.29. The number of rotatable bonds is 2. The summed E-state index contributed by atoms with van der Waals surface area (Å²) >= 11 is 0. The highest BCUT2D eigenvalue weighted by atomic mass is 19.4. The van der Waals surface area contributed by atoms with Crippen molar-refractivity contribution < 1.29 is 22.8 Å². The zero-order chi connectivity index (χ0) is 12.5. The van der Waals surface area contributed by atoms with Gasteiger partial charge in [0, 0.05) is 5.56 Å². The van der Waals surface area contributed by atoms with Crippen LogP contribution in [-0.4, -0.2) is 12.2 Å². The Morgan fingerprint density at radius 3 is 2.31 bits per heavy atom. The summed E-state index contributed by atoms with van der Waals surface area (Å²) in [4.78, 5) is 21.4. The minimum atomic E-state index is -4.67. The van der Waals surface area contributed by atoms with Crippen LogP contribution in [-0.2, 0) is 6.18 Å².